The maximum Gasteiger partial charge on any atom is 0.216 e. The fourth-order valence-electron chi connectivity index (χ4n) is 1.06. The number of hydrogen-bond donors (Lipinski definition) is 2. The number of nitrogens with two attached hydrogens (primary N) is 1. The third-order valence-electron chi connectivity index (χ3n) is 2.23. The van der Waals surface area contributed by atoms with Crippen molar-refractivity contribution >= 4 is 15.9 Å². The predicted octanol–water partition coefficient (Wildman–Crippen LogP) is -0.143. The molecule has 1 unspecified atom stereocenters. The number of sulfonamides is 1. The fourth-order valence-corrected chi connectivity index (χ4v) is 2.15. The lowest BCUT2D eigenvalue weighted by molar-refractivity contribution is 0.162. The molecule has 0 aliphatic carbocycles. The molecule has 0 amide bonds. The van der Waals surface area contributed by atoms with Crippen LogP contribution in [0.25, 0.3) is 0 Å². The second-order valence-corrected chi connectivity index (χ2v) is 5.85. The van der Waals surface area contributed by atoms with Gasteiger partial charge in [-0.05, 0) is 6.92 Å². The summed E-state index contributed by atoms with van der Waals surface area (Å²) in [5.74, 6) is -0.319. The van der Waals surface area contributed by atoms with Crippen LogP contribution in [0.4, 0.5) is 0 Å². The van der Waals surface area contributed by atoms with E-state index in [1.54, 1.807) is 6.92 Å². The summed E-state index contributed by atoms with van der Waals surface area (Å²) in [5, 5.41) is 7.20. The van der Waals surface area contributed by atoms with Crippen molar-refractivity contribution < 1.29 is 13.2 Å². The van der Waals surface area contributed by atoms with Gasteiger partial charge in [-0.2, -0.15) is 0 Å². The number of ether oxygens (including phenoxy) is 1. The fraction of sp³-hybridized carbons (Fsp3) is 0.889. The Bertz CT molecular complexity index is 316. The van der Waals surface area contributed by atoms with Crippen molar-refractivity contribution in [2.24, 2.45) is 11.7 Å². The molecule has 0 aliphatic rings. The van der Waals surface area contributed by atoms with Gasteiger partial charge in [0.1, 0.15) is 0 Å². The van der Waals surface area contributed by atoms with Crippen LogP contribution >= 0.6 is 0 Å². The Kier molecular flexibility index (Phi) is 6.54. The Hall–Kier alpha value is -0.660. The molecule has 6 nitrogen and oxygen atoms in total. The molecule has 1 atom stereocenters. The normalized spacial score (nSPS) is 14.0. The van der Waals surface area contributed by atoms with Crippen molar-refractivity contribution in [3.05, 3.63) is 0 Å². The van der Waals surface area contributed by atoms with Gasteiger partial charge >= 0.3 is 0 Å². The van der Waals surface area contributed by atoms with Crippen LogP contribution in [0.2, 0.25) is 0 Å². The quantitative estimate of drug-likeness (QED) is 0.356. The summed E-state index contributed by atoms with van der Waals surface area (Å²) < 4.78 is 29.6. The summed E-state index contributed by atoms with van der Waals surface area (Å²) in [5.41, 5.74) is 5.29. The van der Waals surface area contributed by atoms with Crippen LogP contribution in [0.15, 0.2) is 0 Å². The summed E-state index contributed by atoms with van der Waals surface area (Å²) in [6.07, 6.45) is 0. The molecule has 0 saturated heterocycles. The minimum atomic E-state index is -3.30. The maximum absolute atomic E-state index is 11.7. The van der Waals surface area contributed by atoms with E-state index in [4.69, 9.17) is 15.9 Å². The molecule has 0 aromatic carbocycles. The topological polar surface area (TPSA) is 96.5 Å². The molecule has 0 heterocycles. The molecule has 0 fully saturated rings. The number of amidine groups is 1. The Balaban J connectivity index is 4.24. The molecule has 0 aromatic rings. The molecule has 0 rings (SSSR count). The highest BCUT2D eigenvalue weighted by Gasteiger charge is 2.20. The number of nitrogens with zero attached hydrogens (tertiary/aromatic N) is 1. The average molecular weight is 251 g/mol. The Morgan fingerprint density at radius 2 is 2.12 bits per heavy atom. The monoisotopic (exact) mass is 251 g/mol. The average Bonchev–Trinajstić information content (AvgIpc) is 2.17. The lowest BCUT2D eigenvalue weighted by atomic mass is 10.2. The van der Waals surface area contributed by atoms with Crippen molar-refractivity contribution in [2.45, 2.75) is 13.8 Å². The zero-order chi connectivity index (χ0) is 12.8. The van der Waals surface area contributed by atoms with Gasteiger partial charge in [-0.25, -0.2) is 12.7 Å². The van der Waals surface area contributed by atoms with Gasteiger partial charge in [0.25, 0.3) is 0 Å². The van der Waals surface area contributed by atoms with Crippen LogP contribution in [-0.4, -0.2) is 51.1 Å². The first-order valence-electron chi connectivity index (χ1n) is 5.17. The summed E-state index contributed by atoms with van der Waals surface area (Å²) in [6.45, 7) is 4.45. The van der Waals surface area contributed by atoms with Crippen LogP contribution < -0.4 is 5.73 Å². The second-order valence-electron chi connectivity index (χ2n) is 3.65. The van der Waals surface area contributed by atoms with Crippen LogP contribution in [0, 0.1) is 11.3 Å². The molecule has 7 heteroatoms. The van der Waals surface area contributed by atoms with E-state index in [1.165, 1.54) is 11.4 Å². The molecular formula is C9H21N3O3S. The van der Waals surface area contributed by atoms with E-state index in [2.05, 4.69) is 0 Å². The zero-order valence-corrected chi connectivity index (χ0v) is 10.9. The van der Waals surface area contributed by atoms with Gasteiger partial charge in [0.2, 0.25) is 10.0 Å². The summed E-state index contributed by atoms with van der Waals surface area (Å²) in [7, 11) is -1.82. The van der Waals surface area contributed by atoms with E-state index in [-0.39, 0.29) is 30.7 Å². The largest absolute Gasteiger partial charge is 0.387 e. The summed E-state index contributed by atoms with van der Waals surface area (Å²) >= 11 is 0. The van der Waals surface area contributed by atoms with E-state index in [9.17, 15) is 8.42 Å². The van der Waals surface area contributed by atoms with Gasteiger partial charge in [0.15, 0.2) is 0 Å². The Morgan fingerprint density at radius 3 is 2.56 bits per heavy atom. The number of hydrogen-bond acceptors (Lipinski definition) is 4. The van der Waals surface area contributed by atoms with Gasteiger partial charge in [-0.1, -0.05) is 6.92 Å². The smallest absolute Gasteiger partial charge is 0.216 e. The molecule has 0 spiro atoms. The van der Waals surface area contributed by atoms with Gasteiger partial charge in [0, 0.05) is 26.1 Å². The first-order chi connectivity index (χ1) is 7.31. The third kappa shape index (κ3) is 5.43. The number of rotatable bonds is 8. The van der Waals surface area contributed by atoms with E-state index >= 15 is 0 Å². The lowest BCUT2D eigenvalue weighted by Gasteiger charge is -2.20. The highest BCUT2D eigenvalue weighted by atomic mass is 32.2. The molecule has 0 saturated carbocycles. The number of nitrogens with one attached hydrogen (secondary N) is 1. The first-order valence-corrected chi connectivity index (χ1v) is 6.77. The van der Waals surface area contributed by atoms with Crippen molar-refractivity contribution in [3.8, 4) is 0 Å². The van der Waals surface area contributed by atoms with Gasteiger partial charge in [-0.3, -0.25) is 5.41 Å². The van der Waals surface area contributed by atoms with Crippen molar-refractivity contribution in [1.82, 2.24) is 4.31 Å². The highest BCUT2D eigenvalue weighted by molar-refractivity contribution is 7.89. The van der Waals surface area contributed by atoms with E-state index in [0.29, 0.717) is 6.61 Å². The van der Waals surface area contributed by atoms with Crippen LogP contribution in [-0.2, 0) is 14.8 Å². The highest BCUT2D eigenvalue weighted by Crippen LogP contribution is 2.04. The molecule has 0 aliphatic heterocycles. The molecule has 96 valence electrons. The van der Waals surface area contributed by atoms with Crippen molar-refractivity contribution in [1.29, 1.82) is 5.41 Å². The van der Waals surface area contributed by atoms with Gasteiger partial charge < -0.3 is 10.5 Å². The van der Waals surface area contributed by atoms with Gasteiger partial charge in [-0.15, -0.1) is 0 Å². The molecule has 3 N–H and O–H groups in total. The lowest BCUT2D eigenvalue weighted by Crippen LogP contribution is -2.37. The van der Waals surface area contributed by atoms with Gasteiger partial charge in [0.05, 0.1) is 18.2 Å². The standard InChI is InChI=1S/C9H21N3O3S/c1-4-15-5-6-16(13,14)12(3)7-8(2)9(10)11/h8H,4-7H2,1-3H3,(H3,10,11). The molecule has 16 heavy (non-hydrogen) atoms. The summed E-state index contributed by atoms with van der Waals surface area (Å²) in [6, 6.07) is 0. The zero-order valence-electron chi connectivity index (χ0n) is 10.1. The SMILES string of the molecule is CCOCCS(=O)(=O)N(C)CC(C)C(=N)N. The second kappa shape index (κ2) is 6.82. The minimum Gasteiger partial charge on any atom is -0.387 e. The van der Waals surface area contributed by atoms with Crippen molar-refractivity contribution in [3.63, 3.8) is 0 Å². The summed E-state index contributed by atoms with van der Waals surface area (Å²) in [4.78, 5) is 0. The third-order valence-corrected chi connectivity index (χ3v) is 4.01. The van der Waals surface area contributed by atoms with E-state index in [0.717, 1.165) is 0 Å². The van der Waals surface area contributed by atoms with Crippen LogP contribution in [0.3, 0.4) is 0 Å². The van der Waals surface area contributed by atoms with Crippen LogP contribution in [0.1, 0.15) is 13.8 Å². The van der Waals surface area contributed by atoms with Crippen LogP contribution in [0.5, 0.6) is 0 Å². The molecule has 0 radical (unpaired) electrons. The Labute approximate surface area is 97.3 Å². The maximum atomic E-state index is 11.7. The minimum absolute atomic E-state index is 0.00754. The van der Waals surface area contributed by atoms with Crippen molar-refractivity contribution in [2.75, 3.05) is 32.6 Å². The first kappa shape index (κ1) is 15.3. The molecule has 0 bridgehead atoms. The Morgan fingerprint density at radius 1 is 1.56 bits per heavy atom. The van der Waals surface area contributed by atoms with E-state index in [1.807, 2.05) is 6.92 Å². The molecule has 0 aromatic heterocycles. The van der Waals surface area contributed by atoms with E-state index < -0.39 is 10.0 Å². The molecular weight excluding hydrogens is 230 g/mol. The predicted molar refractivity (Wildman–Crippen MR) is 64.0 cm³/mol.